The van der Waals surface area contributed by atoms with Crippen molar-refractivity contribution in [3.63, 3.8) is 0 Å². The first-order chi connectivity index (χ1) is 17.4. The van der Waals surface area contributed by atoms with Crippen LogP contribution in [0.1, 0.15) is 63.8 Å². The lowest BCUT2D eigenvalue weighted by Gasteiger charge is -2.24. The van der Waals surface area contributed by atoms with E-state index >= 15 is 0 Å². The number of imidazole rings is 1. The van der Waals surface area contributed by atoms with Crippen LogP contribution in [0.5, 0.6) is 5.75 Å². The normalized spacial score (nSPS) is 22.1. The number of aryl methyl sites for hydroxylation is 1. The Morgan fingerprint density at radius 3 is 2.72 bits per heavy atom. The molecule has 2 aliphatic heterocycles. The summed E-state index contributed by atoms with van der Waals surface area (Å²) in [5.74, 6) is 0.587. The molecule has 0 saturated heterocycles. The Bertz CT molecular complexity index is 1560. The van der Waals surface area contributed by atoms with E-state index in [-0.39, 0.29) is 29.8 Å². The topological polar surface area (TPSA) is 73.4 Å². The summed E-state index contributed by atoms with van der Waals surface area (Å²) >= 11 is 0. The van der Waals surface area contributed by atoms with E-state index in [0.29, 0.717) is 17.5 Å². The average molecular weight is 487 g/mol. The molecule has 1 amide bonds. The average Bonchev–Trinajstić information content (AvgIpc) is 3.52. The van der Waals surface area contributed by atoms with Gasteiger partial charge in [-0.15, -0.1) is 0 Å². The first-order valence-electron chi connectivity index (χ1n) is 12.2. The molecule has 0 saturated carbocycles. The smallest absolute Gasteiger partial charge is 0.387 e. The second-order valence-electron chi connectivity index (χ2n) is 9.88. The van der Waals surface area contributed by atoms with Crippen molar-refractivity contribution in [2.24, 2.45) is 5.73 Å². The Kier molecular flexibility index (Phi) is 4.54. The summed E-state index contributed by atoms with van der Waals surface area (Å²) in [4.78, 5) is 19.8. The molecule has 182 valence electrons. The number of fused-ring (bicyclic) bond motifs is 10. The second kappa shape index (κ2) is 7.61. The summed E-state index contributed by atoms with van der Waals surface area (Å²) in [6, 6.07) is 16.9. The summed E-state index contributed by atoms with van der Waals surface area (Å²) in [5.41, 5.74) is 13.5. The number of carbonyl (C=O) groups is 1. The van der Waals surface area contributed by atoms with Gasteiger partial charge in [-0.2, -0.15) is 8.78 Å². The second-order valence-corrected chi connectivity index (χ2v) is 9.88. The highest BCUT2D eigenvalue weighted by atomic mass is 19.3. The standard InChI is InChI=1S/C28H24F2N4O2/c1-33-23-13-22(25-18(27(33)35)3-2-4-24(25)36-28(29)30)34-21-12-15(7-10-20(21)32-26(23)34)14-5-8-17-16(11-14)6-9-19(17)31/h2-5,7-8,10-12,19,22-23,28H,6,9,13,31H2,1H3/t19-,22-,23-/m1/s1. The van der Waals surface area contributed by atoms with Gasteiger partial charge in [0.1, 0.15) is 11.6 Å². The molecule has 0 unspecified atom stereocenters. The number of carbonyl (C=O) groups excluding carboxylic acids is 1. The van der Waals surface area contributed by atoms with Gasteiger partial charge in [0.2, 0.25) is 0 Å². The highest BCUT2D eigenvalue weighted by molar-refractivity contribution is 5.98. The van der Waals surface area contributed by atoms with E-state index in [2.05, 4.69) is 34.9 Å². The molecule has 8 heteroatoms. The zero-order valence-corrected chi connectivity index (χ0v) is 19.6. The zero-order chi connectivity index (χ0) is 24.7. The van der Waals surface area contributed by atoms with Crippen LogP contribution >= 0.6 is 0 Å². The molecule has 3 aliphatic rings. The lowest BCUT2D eigenvalue weighted by atomic mass is 9.97. The molecule has 6 nitrogen and oxygen atoms in total. The van der Waals surface area contributed by atoms with Gasteiger partial charge >= 0.3 is 6.61 Å². The fourth-order valence-corrected chi connectivity index (χ4v) is 6.29. The Morgan fingerprint density at radius 2 is 1.89 bits per heavy atom. The minimum Gasteiger partial charge on any atom is -0.434 e. The van der Waals surface area contributed by atoms with Crippen LogP contribution in [0.15, 0.2) is 54.6 Å². The van der Waals surface area contributed by atoms with Gasteiger partial charge in [-0.1, -0.05) is 30.3 Å². The summed E-state index contributed by atoms with van der Waals surface area (Å²) in [6.07, 6.45) is 2.49. The van der Waals surface area contributed by atoms with Gasteiger partial charge < -0.3 is 19.9 Å². The maximum absolute atomic E-state index is 13.3. The lowest BCUT2D eigenvalue weighted by molar-refractivity contribution is -0.0507. The van der Waals surface area contributed by atoms with Crippen molar-refractivity contribution in [1.29, 1.82) is 0 Å². The number of halogens is 2. The zero-order valence-electron chi connectivity index (χ0n) is 19.6. The molecule has 36 heavy (non-hydrogen) atoms. The predicted molar refractivity (Wildman–Crippen MR) is 131 cm³/mol. The Hall–Kier alpha value is -3.78. The molecule has 0 fully saturated rings. The van der Waals surface area contributed by atoms with E-state index in [1.54, 1.807) is 24.1 Å². The van der Waals surface area contributed by atoms with E-state index < -0.39 is 6.61 Å². The van der Waals surface area contributed by atoms with Crippen molar-refractivity contribution in [2.75, 3.05) is 7.05 Å². The largest absolute Gasteiger partial charge is 0.434 e. The number of nitrogens with two attached hydrogens (primary N) is 1. The third kappa shape index (κ3) is 2.97. The molecular formula is C28H24F2N4O2. The molecule has 3 aromatic carbocycles. The van der Waals surface area contributed by atoms with Gasteiger partial charge in [0.05, 0.1) is 23.1 Å². The number of aromatic nitrogens is 2. The van der Waals surface area contributed by atoms with Crippen LogP contribution in [0.25, 0.3) is 22.2 Å². The van der Waals surface area contributed by atoms with Gasteiger partial charge in [0.25, 0.3) is 5.91 Å². The first-order valence-corrected chi connectivity index (χ1v) is 12.2. The van der Waals surface area contributed by atoms with E-state index in [0.717, 1.165) is 40.8 Å². The van der Waals surface area contributed by atoms with Crippen LogP contribution in [-0.2, 0) is 6.42 Å². The van der Waals surface area contributed by atoms with Crippen LogP contribution < -0.4 is 10.5 Å². The van der Waals surface area contributed by atoms with Crippen molar-refractivity contribution >= 4 is 16.9 Å². The molecule has 0 radical (unpaired) electrons. The van der Waals surface area contributed by atoms with Crippen molar-refractivity contribution in [3.8, 4) is 16.9 Å². The molecule has 3 atom stereocenters. The third-order valence-electron chi connectivity index (χ3n) is 8.01. The number of amides is 1. The van der Waals surface area contributed by atoms with Crippen LogP contribution in [0.4, 0.5) is 8.78 Å². The fourth-order valence-electron chi connectivity index (χ4n) is 6.29. The van der Waals surface area contributed by atoms with Crippen molar-refractivity contribution < 1.29 is 18.3 Å². The Balaban J connectivity index is 1.42. The van der Waals surface area contributed by atoms with Crippen molar-refractivity contribution in [1.82, 2.24) is 14.5 Å². The quantitative estimate of drug-likeness (QED) is 0.423. The maximum atomic E-state index is 13.3. The first kappa shape index (κ1) is 21.5. The van der Waals surface area contributed by atoms with Gasteiger partial charge in [-0.3, -0.25) is 4.79 Å². The molecule has 1 aromatic heterocycles. The molecule has 2 N–H and O–H groups in total. The van der Waals surface area contributed by atoms with Gasteiger partial charge in [-0.05, 0) is 59.4 Å². The molecular weight excluding hydrogens is 462 g/mol. The minimum atomic E-state index is -2.98. The van der Waals surface area contributed by atoms with Gasteiger partial charge in [0, 0.05) is 30.6 Å². The highest BCUT2D eigenvalue weighted by Crippen LogP contribution is 2.50. The summed E-state index contributed by atoms with van der Waals surface area (Å²) in [6.45, 7) is -2.98. The minimum absolute atomic E-state index is 0.0377. The number of rotatable bonds is 3. The SMILES string of the molecule is CN1C(=O)c2cccc(OC(F)F)c2[C@H]2C[C@@H]1c1nc3ccc(-c4ccc5c(c4)CC[C@H]5N)cc3n12. The highest BCUT2D eigenvalue weighted by Gasteiger charge is 2.45. The number of ether oxygens (including phenoxy) is 1. The number of hydrogen-bond donors (Lipinski definition) is 1. The number of benzene rings is 3. The summed E-state index contributed by atoms with van der Waals surface area (Å²) in [5, 5.41) is 0. The fraction of sp³-hybridized carbons (Fsp3) is 0.286. The van der Waals surface area contributed by atoms with Crippen LogP contribution in [0.2, 0.25) is 0 Å². The monoisotopic (exact) mass is 486 g/mol. The molecule has 3 heterocycles. The van der Waals surface area contributed by atoms with E-state index in [1.807, 2.05) is 6.07 Å². The molecule has 0 spiro atoms. The maximum Gasteiger partial charge on any atom is 0.387 e. The molecule has 4 aromatic rings. The molecule has 7 rings (SSSR count). The van der Waals surface area contributed by atoms with E-state index in [1.165, 1.54) is 17.2 Å². The van der Waals surface area contributed by atoms with Crippen LogP contribution in [0, 0.1) is 0 Å². The lowest BCUT2D eigenvalue weighted by Crippen LogP contribution is -2.30. The Morgan fingerprint density at radius 1 is 1.08 bits per heavy atom. The number of nitrogens with zero attached hydrogens (tertiary/aromatic N) is 3. The summed E-state index contributed by atoms with van der Waals surface area (Å²) < 4.78 is 33.6. The van der Waals surface area contributed by atoms with Gasteiger partial charge in [-0.25, -0.2) is 4.98 Å². The van der Waals surface area contributed by atoms with Crippen LogP contribution in [0.3, 0.4) is 0 Å². The van der Waals surface area contributed by atoms with Crippen molar-refractivity contribution in [2.45, 2.75) is 44.0 Å². The molecule has 1 aliphatic carbocycles. The third-order valence-corrected chi connectivity index (χ3v) is 8.01. The van der Waals surface area contributed by atoms with E-state index in [9.17, 15) is 13.6 Å². The number of alkyl halides is 2. The predicted octanol–water partition coefficient (Wildman–Crippen LogP) is 5.37. The van der Waals surface area contributed by atoms with Gasteiger partial charge in [0.15, 0.2) is 0 Å². The summed E-state index contributed by atoms with van der Waals surface area (Å²) in [7, 11) is 1.75. The van der Waals surface area contributed by atoms with Crippen molar-refractivity contribution in [3.05, 3.63) is 82.7 Å². The Labute approximate surface area is 206 Å². The molecule has 2 bridgehead atoms. The van der Waals surface area contributed by atoms with E-state index in [4.69, 9.17) is 15.5 Å². The van der Waals surface area contributed by atoms with Crippen LogP contribution in [-0.4, -0.2) is 34.0 Å². The number of hydrogen-bond acceptors (Lipinski definition) is 4.